The number of nitrogens with zero attached hydrogens (tertiary/aromatic N) is 3. The van der Waals surface area contributed by atoms with Gasteiger partial charge in [-0.15, -0.1) is 0 Å². The SMILES string of the molecule is Cc1noc(NC(=O)C2CCCN(C(=O)N(C)C)C2)c1-c1ccccc1. The fourth-order valence-corrected chi connectivity index (χ4v) is 3.26. The van der Waals surface area contributed by atoms with Crippen LogP contribution in [0.1, 0.15) is 18.5 Å². The van der Waals surface area contributed by atoms with Gasteiger partial charge in [0.25, 0.3) is 0 Å². The molecule has 3 rings (SSSR count). The highest BCUT2D eigenvalue weighted by molar-refractivity contribution is 5.95. The Morgan fingerprint density at radius 2 is 2.00 bits per heavy atom. The van der Waals surface area contributed by atoms with Crippen molar-refractivity contribution in [3.8, 4) is 11.1 Å². The number of hydrogen-bond acceptors (Lipinski definition) is 4. The molecule has 1 aliphatic heterocycles. The summed E-state index contributed by atoms with van der Waals surface area (Å²) in [5.41, 5.74) is 2.45. The normalized spacial score (nSPS) is 17.0. The first-order valence-corrected chi connectivity index (χ1v) is 8.76. The number of piperidine rings is 1. The molecular weight excluding hydrogens is 332 g/mol. The van der Waals surface area contributed by atoms with Gasteiger partial charge in [-0.25, -0.2) is 4.79 Å². The lowest BCUT2D eigenvalue weighted by Gasteiger charge is -2.33. The topological polar surface area (TPSA) is 78.7 Å². The first kappa shape index (κ1) is 18.0. The van der Waals surface area contributed by atoms with Gasteiger partial charge in [-0.2, -0.15) is 0 Å². The van der Waals surface area contributed by atoms with E-state index >= 15 is 0 Å². The molecule has 0 saturated carbocycles. The largest absolute Gasteiger partial charge is 0.337 e. The fraction of sp³-hybridized carbons (Fsp3) is 0.421. The molecule has 2 aromatic rings. The van der Waals surface area contributed by atoms with Crippen LogP contribution < -0.4 is 5.32 Å². The molecule has 3 amide bonds. The van der Waals surface area contributed by atoms with Gasteiger partial charge < -0.3 is 14.3 Å². The highest BCUT2D eigenvalue weighted by Gasteiger charge is 2.30. The van der Waals surface area contributed by atoms with E-state index in [1.807, 2.05) is 37.3 Å². The highest BCUT2D eigenvalue weighted by atomic mass is 16.5. The third-order valence-electron chi connectivity index (χ3n) is 4.61. The lowest BCUT2D eigenvalue weighted by atomic mass is 9.97. The monoisotopic (exact) mass is 356 g/mol. The predicted molar refractivity (Wildman–Crippen MR) is 98.7 cm³/mol. The summed E-state index contributed by atoms with van der Waals surface area (Å²) < 4.78 is 5.35. The van der Waals surface area contributed by atoms with E-state index in [9.17, 15) is 9.59 Å². The van der Waals surface area contributed by atoms with Crippen LogP contribution in [0.15, 0.2) is 34.9 Å². The number of benzene rings is 1. The summed E-state index contributed by atoms with van der Waals surface area (Å²) in [4.78, 5) is 28.2. The Hall–Kier alpha value is -2.83. The minimum atomic E-state index is -0.262. The zero-order chi connectivity index (χ0) is 18.7. The molecular formula is C19H24N4O3. The van der Waals surface area contributed by atoms with Crippen molar-refractivity contribution >= 4 is 17.8 Å². The summed E-state index contributed by atoms with van der Waals surface area (Å²) in [6.45, 7) is 2.94. The minimum Gasteiger partial charge on any atom is -0.337 e. The second-order valence-corrected chi connectivity index (χ2v) is 6.79. The van der Waals surface area contributed by atoms with Crippen LogP contribution in [0.3, 0.4) is 0 Å². The summed E-state index contributed by atoms with van der Waals surface area (Å²) in [5, 5.41) is 6.87. The van der Waals surface area contributed by atoms with Gasteiger partial charge in [0.15, 0.2) is 0 Å². The van der Waals surface area contributed by atoms with Crippen LogP contribution in [0.4, 0.5) is 10.7 Å². The molecule has 138 valence electrons. The molecule has 1 aliphatic rings. The van der Waals surface area contributed by atoms with Crippen LogP contribution in [0.25, 0.3) is 11.1 Å². The molecule has 1 fully saturated rings. The molecule has 1 atom stereocenters. The van der Waals surface area contributed by atoms with Gasteiger partial charge in [-0.1, -0.05) is 35.5 Å². The summed E-state index contributed by atoms with van der Waals surface area (Å²) in [7, 11) is 3.44. The van der Waals surface area contributed by atoms with E-state index in [0.29, 0.717) is 19.0 Å². The Balaban J connectivity index is 1.74. The Bertz CT molecular complexity index is 785. The van der Waals surface area contributed by atoms with Gasteiger partial charge in [0.05, 0.1) is 17.2 Å². The van der Waals surface area contributed by atoms with Crippen LogP contribution in [0.5, 0.6) is 0 Å². The molecule has 0 spiro atoms. The number of likely N-dealkylation sites (tertiary alicyclic amines) is 1. The van der Waals surface area contributed by atoms with E-state index in [1.54, 1.807) is 19.0 Å². The molecule has 1 aromatic carbocycles. The van der Waals surface area contributed by atoms with Crippen molar-refractivity contribution in [1.29, 1.82) is 0 Å². The van der Waals surface area contributed by atoms with E-state index in [0.717, 1.165) is 29.7 Å². The van der Waals surface area contributed by atoms with Crippen molar-refractivity contribution in [1.82, 2.24) is 15.0 Å². The van der Waals surface area contributed by atoms with Gasteiger partial charge in [0.2, 0.25) is 11.8 Å². The quantitative estimate of drug-likeness (QED) is 0.917. The smallest absolute Gasteiger partial charge is 0.319 e. The van der Waals surface area contributed by atoms with Crippen LogP contribution in [-0.2, 0) is 4.79 Å². The average molecular weight is 356 g/mol. The highest BCUT2D eigenvalue weighted by Crippen LogP contribution is 2.32. The van der Waals surface area contributed by atoms with E-state index in [2.05, 4.69) is 10.5 Å². The summed E-state index contributed by atoms with van der Waals surface area (Å²) in [6, 6.07) is 9.63. The minimum absolute atomic E-state index is 0.0667. The van der Waals surface area contributed by atoms with Gasteiger partial charge >= 0.3 is 6.03 Å². The van der Waals surface area contributed by atoms with Crippen molar-refractivity contribution in [3.63, 3.8) is 0 Å². The number of aryl methyl sites for hydroxylation is 1. The lowest BCUT2D eigenvalue weighted by Crippen LogP contribution is -2.47. The number of hydrogen-bond donors (Lipinski definition) is 1. The lowest BCUT2D eigenvalue weighted by molar-refractivity contribution is -0.121. The van der Waals surface area contributed by atoms with Crippen molar-refractivity contribution in [3.05, 3.63) is 36.0 Å². The predicted octanol–water partition coefficient (Wildman–Crippen LogP) is 2.98. The van der Waals surface area contributed by atoms with Gasteiger partial charge in [0.1, 0.15) is 0 Å². The number of carbonyl (C=O) groups excluding carboxylic acids is 2. The van der Waals surface area contributed by atoms with E-state index in [1.165, 1.54) is 4.90 Å². The van der Waals surface area contributed by atoms with Gasteiger partial charge in [-0.05, 0) is 25.3 Å². The van der Waals surface area contributed by atoms with Crippen LogP contribution >= 0.6 is 0 Å². The first-order chi connectivity index (χ1) is 12.5. The van der Waals surface area contributed by atoms with E-state index in [-0.39, 0.29) is 17.9 Å². The molecule has 2 heterocycles. The average Bonchev–Trinajstić information content (AvgIpc) is 3.02. The van der Waals surface area contributed by atoms with Crippen LogP contribution in [0, 0.1) is 12.8 Å². The maximum atomic E-state index is 12.7. The molecule has 0 radical (unpaired) electrons. The van der Waals surface area contributed by atoms with E-state index < -0.39 is 0 Å². The van der Waals surface area contributed by atoms with Gasteiger partial charge in [-0.3, -0.25) is 10.1 Å². The van der Waals surface area contributed by atoms with E-state index in [4.69, 9.17) is 4.52 Å². The third-order valence-corrected chi connectivity index (χ3v) is 4.61. The second kappa shape index (κ2) is 7.59. The molecule has 26 heavy (non-hydrogen) atoms. The Morgan fingerprint density at radius 1 is 1.27 bits per heavy atom. The third kappa shape index (κ3) is 3.71. The first-order valence-electron chi connectivity index (χ1n) is 8.76. The number of anilines is 1. The maximum absolute atomic E-state index is 12.7. The molecule has 1 unspecified atom stereocenters. The molecule has 7 heteroatoms. The van der Waals surface area contributed by atoms with Crippen molar-refractivity contribution in [2.75, 3.05) is 32.5 Å². The number of urea groups is 1. The summed E-state index contributed by atoms with van der Waals surface area (Å²) in [5.74, 6) is -0.0500. The van der Waals surface area contributed by atoms with Crippen molar-refractivity contribution in [2.45, 2.75) is 19.8 Å². The molecule has 1 N–H and O–H groups in total. The van der Waals surface area contributed by atoms with Crippen LogP contribution in [-0.4, -0.2) is 54.1 Å². The second-order valence-electron chi connectivity index (χ2n) is 6.79. The van der Waals surface area contributed by atoms with Crippen molar-refractivity contribution in [2.24, 2.45) is 5.92 Å². The molecule has 1 saturated heterocycles. The zero-order valence-corrected chi connectivity index (χ0v) is 15.4. The maximum Gasteiger partial charge on any atom is 0.319 e. The Labute approximate surface area is 152 Å². The Kier molecular flexibility index (Phi) is 5.25. The van der Waals surface area contributed by atoms with Gasteiger partial charge in [0, 0.05) is 27.2 Å². The fourth-order valence-electron chi connectivity index (χ4n) is 3.26. The molecule has 0 bridgehead atoms. The number of aromatic nitrogens is 1. The Morgan fingerprint density at radius 3 is 2.69 bits per heavy atom. The number of carbonyl (C=O) groups is 2. The van der Waals surface area contributed by atoms with Crippen molar-refractivity contribution < 1.29 is 14.1 Å². The zero-order valence-electron chi connectivity index (χ0n) is 15.4. The number of rotatable bonds is 3. The number of amides is 3. The number of nitrogens with one attached hydrogen (secondary N) is 1. The summed E-state index contributed by atoms with van der Waals surface area (Å²) in [6.07, 6.45) is 1.55. The molecule has 0 aliphatic carbocycles. The molecule has 1 aromatic heterocycles. The molecule has 7 nitrogen and oxygen atoms in total. The van der Waals surface area contributed by atoms with Crippen LogP contribution in [0.2, 0.25) is 0 Å². The standard InChI is InChI=1S/C19H24N4O3/c1-13-16(14-8-5-4-6-9-14)18(26-21-13)20-17(24)15-10-7-11-23(12-15)19(25)22(2)3/h4-6,8-9,15H,7,10-12H2,1-3H3,(H,20,24). The summed E-state index contributed by atoms with van der Waals surface area (Å²) >= 11 is 0.